The molecule has 3 aromatic carbocycles. The number of phenolic OH excluding ortho intramolecular Hbond substituents is 2. The topological polar surface area (TPSA) is 131 Å². The van der Waals surface area contributed by atoms with Gasteiger partial charge >= 0.3 is 0 Å². The molecule has 37 heavy (non-hydrogen) atoms. The second-order valence-corrected chi connectivity index (χ2v) is 9.98. The minimum absolute atomic E-state index is 0.0764. The summed E-state index contributed by atoms with van der Waals surface area (Å²) in [6.07, 6.45) is 0.467. The van der Waals surface area contributed by atoms with Crippen LogP contribution in [0.1, 0.15) is 42.2 Å². The van der Waals surface area contributed by atoms with Crippen LogP contribution in [0, 0.1) is 0 Å². The lowest BCUT2D eigenvalue weighted by atomic mass is 9.93. The molecule has 0 aliphatic rings. The summed E-state index contributed by atoms with van der Waals surface area (Å²) in [5.41, 5.74) is 2.87. The predicted molar refractivity (Wildman–Crippen MR) is 144 cm³/mol. The summed E-state index contributed by atoms with van der Waals surface area (Å²) in [7, 11) is 0. The number of hydrogen-bond acceptors (Lipinski definition) is 6. The molecule has 0 aliphatic carbocycles. The fourth-order valence-corrected chi connectivity index (χ4v) is 4.19. The maximum absolute atomic E-state index is 12.5. The van der Waals surface area contributed by atoms with Crippen molar-refractivity contribution in [2.24, 2.45) is 0 Å². The zero-order valence-corrected chi connectivity index (χ0v) is 21.5. The number of aromatic hydroxyl groups is 2. The molecule has 3 aromatic rings. The second-order valence-electron chi connectivity index (χ2n) is 9.54. The number of carbonyl (C=O) groups excluding carboxylic acids is 2. The molecule has 0 radical (unpaired) electrons. The maximum Gasteiger partial charge on any atom is 0.224 e. The Bertz CT molecular complexity index is 1250. The van der Waals surface area contributed by atoms with Gasteiger partial charge in [0.05, 0.1) is 18.2 Å². The van der Waals surface area contributed by atoms with E-state index in [1.54, 1.807) is 18.2 Å². The molecule has 0 saturated carbocycles. The molecule has 0 unspecified atom stereocenters. The number of aliphatic hydroxyl groups excluding tert-OH is 1. The number of phenols is 2. The first-order chi connectivity index (χ1) is 17.6. The van der Waals surface area contributed by atoms with Crippen molar-refractivity contribution < 1.29 is 24.9 Å². The maximum atomic E-state index is 12.5. The Kier molecular flexibility index (Phi) is 9.52. The van der Waals surface area contributed by atoms with Crippen LogP contribution in [0.5, 0.6) is 11.5 Å². The van der Waals surface area contributed by atoms with Crippen LogP contribution in [0.3, 0.4) is 0 Å². The molecule has 2 amide bonds. The van der Waals surface area contributed by atoms with Crippen molar-refractivity contribution in [3.63, 3.8) is 0 Å². The first-order valence-corrected chi connectivity index (χ1v) is 12.2. The summed E-state index contributed by atoms with van der Waals surface area (Å²) in [5, 5.41) is 39.4. The molecule has 9 heteroatoms. The molecular formula is C28H32ClN3O5. The van der Waals surface area contributed by atoms with E-state index in [0.717, 1.165) is 11.1 Å². The third kappa shape index (κ3) is 8.49. The van der Waals surface area contributed by atoms with Crippen molar-refractivity contribution in [3.05, 3.63) is 87.9 Å². The number of carbonyl (C=O) groups is 2. The van der Waals surface area contributed by atoms with Crippen molar-refractivity contribution in [2.75, 3.05) is 11.9 Å². The SMILES string of the molecule is CC(C)(Cc1cccc(CC(=O)NCc2cc(Cl)ccc2O)c1)NC[C@H](O)c1ccc(O)c(NC=O)c1. The van der Waals surface area contributed by atoms with Gasteiger partial charge < -0.3 is 31.3 Å². The number of hydrogen-bond donors (Lipinski definition) is 6. The van der Waals surface area contributed by atoms with Crippen molar-refractivity contribution in [2.45, 2.75) is 44.9 Å². The summed E-state index contributed by atoms with van der Waals surface area (Å²) in [4.78, 5) is 23.2. The van der Waals surface area contributed by atoms with Gasteiger partial charge in [0.2, 0.25) is 12.3 Å². The molecule has 1 atom stereocenters. The number of β-amino-alcohol motifs (C(OH)–C–C–N with tert-alkyl or cyclic N) is 1. The van der Waals surface area contributed by atoms with Gasteiger partial charge in [-0.05, 0) is 67.3 Å². The Hall–Kier alpha value is -3.59. The number of anilines is 1. The van der Waals surface area contributed by atoms with E-state index in [1.165, 1.54) is 18.2 Å². The molecule has 0 bridgehead atoms. The van der Waals surface area contributed by atoms with E-state index in [1.807, 2.05) is 38.1 Å². The molecule has 196 valence electrons. The number of rotatable bonds is 12. The van der Waals surface area contributed by atoms with E-state index < -0.39 is 6.10 Å². The fraction of sp³-hybridized carbons (Fsp3) is 0.286. The monoisotopic (exact) mass is 525 g/mol. The predicted octanol–water partition coefficient (Wildman–Crippen LogP) is 3.82. The Labute approximate surface area is 221 Å². The highest BCUT2D eigenvalue weighted by atomic mass is 35.5. The lowest BCUT2D eigenvalue weighted by Gasteiger charge is -2.28. The highest BCUT2D eigenvalue weighted by Gasteiger charge is 2.21. The third-order valence-corrected chi connectivity index (χ3v) is 6.15. The smallest absolute Gasteiger partial charge is 0.224 e. The first kappa shape index (κ1) is 28.0. The zero-order chi connectivity index (χ0) is 27.0. The van der Waals surface area contributed by atoms with Crippen LogP contribution in [0.4, 0.5) is 5.69 Å². The van der Waals surface area contributed by atoms with Crippen LogP contribution in [-0.4, -0.2) is 39.7 Å². The molecule has 0 saturated heterocycles. The normalized spacial score (nSPS) is 12.1. The molecule has 6 N–H and O–H groups in total. The van der Waals surface area contributed by atoms with Crippen molar-refractivity contribution in [3.8, 4) is 11.5 Å². The first-order valence-electron chi connectivity index (χ1n) is 11.8. The summed E-state index contributed by atoms with van der Waals surface area (Å²) < 4.78 is 0. The van der Waals surface area contributed by atoms with Gasteiger partial charge in [-0.1, -0.05) is 41.9 Å². The quantitative estimate of drug-likeness (QED) is 0.157. The van der Waals surface area contributed by atoms with Crippen molar-refractivity contribution in [1.29, 1.82) is 0 Å². The average molecular weight is 526 g/mol. The van der Waals surface area contributed by atoms with Gasteiger partial charge in [-0.2, -0.15) is 0 Å². The van der Waals surface area contributed by atoms with Crippen LogP contribution < -0.4 is 16.0 Å². The van der Waals surface area contributed by atoms with Gasteiger partial charge in [-0.25, -0.2) is 0 Å². The molecule has 0 spiro atoms. The minimum Gasteiger partial charge on any atom is -0.508 e. The fourth-order valence-electron chi connectivity index (χ4n) is 3.99. The van der Waals surface area contributed by atoms with Crippen molar-refractivity contribution >= 4 is 29.6 Å². The van der Waals surface area contributed by atoms with Gasteiger partial charge in [0, 0.05) is 29.2 Å². The number of nitrogens with one attached hydrogen (secondary N) is 3. The van der Waals surface area contributed by atoms with E-state index in [0.29, 0.717) is 29.0 Å². The molecular weight excluding hydrogens is 494 g/mol. The summed E-state index contributed by atoms with van der Waals surface area (Å²) in [6.45, 7) is 4.48. The molecule has 0 aromatic heterocycles. The molecule has 8 nitrogen and oxygen atoms in total. The van der Waals surface area contributed by atoms with Crippen LogP contribution >= 0.6 is 11.6 Å². The summed E-state index contributed by atoms with van der Waals surface area (Å²) >= 11 is 5.96. The van der Waals surface area contributed by atoms with Gasteiger partial charge in [-0.3, -0.25) is 9.59 Å². The van der Waals surface area contributed by atoms with Gasteiger partial charge in [0.1, 0.15) is 11.5 Å². The Morgan fingerprint density at radius 1 is 1.03 bits per heavy atom. The zero-order valence-electron chi connectivity index (χ0n) is 20.8. The van der Waals surface area contributed by atoms with E-state index in [4.69, 9.17) is 11.6 Å². The Morgan fingerprint density at radius 2 is 1.76 bits per heavy atom. The average Bonchev–Trinajstić information content (AvgIpc) is 2.84. The lowest BCUT2D eigenvalue weighted by molar-refractivity contribution is -0.120. The van der Waals surface area contributed by atoms with Crippen LogP contribution in [-0.2, 0) is 29.0 Å². The van der Waals surface area contributed by atoms with Crippen LogP contribution in [0.2, 0.25) is 5.02 Å². The van der Waals surface area contributed by atoms with Gasteiger partial charge in [0.25, 0.3) is 0 Å². The Balaban J connectivity index is 1.54. The van der Waals surface area contributed by atoms with E-state index in [-0.39, 0.29) is 48.1 Å². The minimum atomic E-state index is -0.846. The summed E-state index contributed by atoms with van der Waals surface area (Å²) in [5.74, 6) is -0.170. The third-order valence-electron chi connectivity index (χ3n) is 5.91. The molecule has 0 aliphatic heterocycles. The molecule has 0 heterocycles. The van der Waals surface area contributed by atoms with E-state index in [2.05, 4.69) is 16.0 Å². The number of benzene rings is 3. The standard InChI is InChI=1S/C28H32ClN3O5/c1-28(2,32-16-26(36)20-6-8-25(35)23(13-20)31-17-33)14-19-5-3-4-18(10-19)11-27(37)30-15-21-12-22(29)7-9-24(21)34/h3-10,12-13,17,26,32,34-36H,11,14-16H2,1-2H3,(H,30,37)(H,31,33)/t26-/m0/s1. The number of amides is 2. The summed E-state index contributed by atoms with van der Waals surface area (Å²) in [6, 6.07) is 17.0. The van der Waals surface area contributed by atoms with Crippen molar-refractivity contribution in [1.82, 2.24) is 10.6 Å². The largest absolute Gasteiger partial charge is 0.508 e. The van der Waals surface area contributed by atoms with E-state index >= 15 is 0 Å². The van der Waals surface area contributed by atoms with Gasteiger partial charge in [-0.15, -0.1) is 0 Å². The van der Waals surface area contributed by atoms with Gasteiger partial charge in [0.15, 0.2) is 0 Å². The highest BCUT2D eigenvalue weighted by Crippen LogP contribution is 2.27. The van der Waals surface area contributed by atoms with E-state index in [9.17, 15) is 24.9 Å². The van der Waals surface area contributed by atoms with Crippen LogP contribution in [0.15, 0.2) is 60.7 Å². The molecule has 3 rings (SSSR count). The number of aliphatic hydroxyl groups is 1. The molecule has 0 fully saturated rings. The Morgan fingerprint density at radius 3 is 2.51 bits per heavy atom. The lowest BCUT2D eigenvalue weighted by Crippen LogP contribution is -2.43. The second kappa shape index (κ2) is 12.6. The highest BCUT2D eigenvalue weighted by molar-refractivity contribution is 6.30. The number of halogens is 1. The van der Waals surface area contributed by atoms with Crippen LogP contribution in [0.25, 0.3) is 0 Å².